The molecule has 1 saturated heterocycles. The molecule has 2 rings (SSSR count). The minimum Gasteiger partial charge on any atom is -0.341 e. The zero-order valence-electron chi connectivity index (χ0n) is 12.7. The minimum atomic E-state index is -0.623. The monoisotopic (exact) mass is 267 g/mol. The van der Waals surface area contributed by atoms with Gasteiger partial charge in [0.2, 0.25) is 5.91 Å². The number of nitrogens with zero attached hydrogens (tertiary/aromatic N) is 2. The van der Waals surface area contributed by atoms with E-state index in [0.29, 0.717) is 12.0 Å². The highest BCUT2D eigenvalue weighted by atomic mass is 16.2. The molecule has 1 amide bonds. The van der Waals surface area contributed by atoms with Crippen LogP contribution in [-0.4, -0.2) is 53.5 Å². The van der Waals surface area contributed by atoms with Crippen molar-refractivity contribution in [3.8, 4) is 0 Å². The van der Waals surface area contributed by atoms with Crippen LogP contribution < -0.4 is 5.73 Å². The van der Waals surface area contributed by atoms with E-state index in [1.165, 1.54) is 0 Å². The van der Waals surface area contributed by atoms with Crippen LogP contribution in [0.4, 0.5) is 0 Å². The summed E-state index contributed by atoms with van der Waals surface area (Å²) in [5, 5.41) is 0. The maximum atomic E-state index is 12.5. The van der Waals surface area contributed by atoms with Gasteiger partial charge in [-0.15, -0.1) is 0 Å². The van der Waals surface area contributed by atoms with Crippen LogP contribution in [0.25, 0.3) is 0 Å². The van der Waals surface area contributed by atoms with E-state index in [2.05, 4.69) is 18.7 Å². The molecule has 2 aliphatic rings. The molecule has 0 radical (unpaired) electrons. The van der Waals surface area contributed by atoms with E-state index in [0.717, 1.165) is 51.9 Å². The number of nitrogens with two attached hydrogens (primary N) is 1. The Balaban J connectivity index is 1.87. The lowest BCUT2D eigenvalue weighted by Gasteiger charge is -2.40. The van der Waals surface area contributed by atoms with Gasteiger partial charge in [-0.25, -0.2) is 0 Å². The lowest BCUT2D eigenvalue weighted by molar-refractivity contribution is -0.138. The van der Waals surface area contributed by atoms with E-state index in [4.69, 9.17) is 5.73 Å². The molecule has 19 heavy (non-hydrogen) atoms. The van der Waals surface area contributed by atoms with Gasteiger partial charge in [0.05, 0.1) is 5.54 Å². The molecule has 110 valence electrons. The molecule has 1 unspecified atom stereocenters. The van der Waals surface area contributed by atoms with Gasteiger partial charge in [0.1, 0.15) is 0 Å². The van der Waals surface area contributed by atoms with Crippen molar-refractivity contribution in [3.63, 3.8) is 0 Å². The third-order valence-electron chi connectivity index (χ3n) is 4.97. The second-order valence-corrected chi connectivity index (χ2v) is 6.30. The summed E-state index contributed by atoms with van der Waals surface area (Å²) >= 11 is 0. The van der Waals surface area contributed by atoms with Crippen LogP contribution in [0.1, 0.15) is 46.5 Å². The van der Waals surface area contributed by atoms with Crippen LogP contribution in [0.3, 0.4) is 0 Å². The van der Waals surface area contributed by atoms with Crippen molar-refractivity contribution in [1.82, 2.24) is 9.80 Å². The van der Waals surface area contributed by atoms with Crippen LogP contribution >= 0.6 is 0 Å². The predicted molar refractivity (Wildman–Crippen MR) is 77.8 cm³/mol. The molecule has 2 fully saturated rings. The summed E-state index contributed by atoms with van der Waals surface area (Å²) in [6.45, 7) is 10.3. The second kappa shape index (κ2) is 5.80. The lowest BCUT2D eigenvalue weighted by Crippen LogP contribution is -2.57. The zero-order valence-corrected chi connectivity index (χ0v) is 12.7. The van der Waals surface area contributed by atoms with E-state index in [1.54, 1.807) is 0 Å². The summed E-state index contributed by atoms with van der Waals surface area (Å²) in [5.74, 6) is 0.591. The molecular weight excluding hydrogens is 238 g/mol. The summed E-state index contributed by atoms with van der Waals surface area (Å²) in [7, 11) is 0. The molecule has 0 aromatic rings. The third kappa shape index (κ3) is 3.11. The van der Waals surface area contributed by atoms with Gasteiger partial charge < -0.3 is 15.5 Å². The van der Waals surface area contributed by atoms with Gasteiger partial charge in [-0.3, -0.25) is 4.79 Å². The molecule has 1 aliphatic carbocycles. The highest BCUT2D eigenvalue weighted by Crippen LogP contribution is 2.39. The highest BCUT2D eigenvalue weighted by Gasteiger charge is 2.46. The number of piperidine rings is 1. The summed E-state index contributed by atoms with van der Waals surface area (Å²) in [4.78, 5) is 17.0. The van der Waals surface area contributed by atoms with Crippen molar-refractivity contribution in [3.05, 3.63) is 0 Å². The fourth-order valence-corrected chi connectivity index (χ4v) is 3.37. The van der Waals surface area contributed by atoms with E-state index in [1.807, 2.05) is 11.8 Å². The molecule has 1 atom stereocenters. The topological polar surface area (TPSA) is 49.6 Å². The fraction of sp³-hybridized carbons (Fsp3) is 0.933. The first kappa shape index (κ1) is 14.8. The first-order chi connectivity index (χ1) is 9.00. The Kier molecular flexibility index (Phi) is 4.51. The van der Waals surface area contributed by atoms with Gasteiger partial charge in [0.25, 0.3) is 0 Å². The number of carbonyl (C=O) groups is 1. The third-order valence-corrected chi connectivity index (χ3v) is 4.97. The quantitative estimate of drug-likeness (QED) is 0.820. The van der Waals surface area contributed by atoms with Gasteiger partial charge >= 0.3 is 0 Å². The van der Waals surface area contributed by atoms with Crippen molar-refractivity contribution < 1.29 is 4.79 Å². The minimum absolute atomic E-state index is 0.174. The van der Waals surface area contributed by atoms with Crippen molar-refractivity contribution in [2.45, 2.75) is 58.0 Å². The number of carbonyl (C=O) groups excluding carboxylic acids is 1. The molecule has 0 bridgehead atoms. The first-order valence-electron chi connectivity index (χ1n) is 7.83. The van der Waals surface area contributed by atoms with E-state index in [9.17, 15) is 4.79 Å². The maximum Gasteiger partial charge on any atom is 0.242 e. The molecule has 4 heteroatoms. The molecule has 0 aromatic carbocycles. The van der Waals surface area contributed by atoms with Gasteiger partial charge in [-0.05, 0) is 51.6 Å². The SMILES string of the molecule is CCN(CC)C1CCN(C(=O)C(C)(N)C2CC2)CC1. The Morgan fingerprint density at radius 3 is 2.16 bits per heavy atom. The van der Waals surface area contributed by atoms with Crippen LogP contribution in [0.5, 0.6) is 0 Å². The van der Waals surface area contributed by atoms with Gasteiger partial charge in [-0.2, -0.15) is 0 Å². The van der Waals surface area contributed by atoms with Crippen LogP contribution in [-0.2, 0) is 4.79 Å². The van der Waals surface area contributed by atoms with Crippen LogP contribution in [0, 0.1) is 5.92 Å². The lowest BCUT2D eigenvalue weighted by atomic mass is 9.93. The van der Waals surface area contributed by atoms with Crippen molar-refractivity contribution in [2.24, 2.45) is 11.7 Å². The van der Waals surface area contributed by atoms with Crippen molar-refractivity contribution >= 4 is 5.91 Å². The number of hydrogen-bond donors (Lipinski definition) is 1. The summed E-state index contributed by atoms with van der Waals surface area (Å²) in [6, 6.07) is 0.643. The molecule has 1 aliphatic heterocycles. The molecule has 1 heterocycles. The number of rotatable bonds is 5. The van der Waals surface area contributed by atoms with Crippen LogP contribution in [0.2, 0.25) is 0 Å². The van der Waals surface area contributed by atoms with E-state index >= 15 is 0 Å². The Morgan fingerprint density at radius 1 is 1.21 bits per heavy atom. The van der Waals surface area contributed by atoms with Crippen molar-refractivity contribution in [1.29, 1.82) is 0 Å². The highest BCUT2D eigenvalue weighted by molar-refractivity contribution is 5.86. The van der Waals surface area contributed by atoms with E-state index < -0.39 is 5.54 Å². The predicted octanol–water partition coefficient (Wildman–Crippen LogP) is 1.45. The average molecular weight is 267 g/mol. The molecule has 4 nitrogen and oxygen atoms in total. The zero-order chi connectivity index (χ0) is 14.0. The Morgan fingerprint density at radius 2 is 1.74 bits per heavy atom. The maximum absolute atomic E-state index is 12.5. The smallest absolute Gasteiger partial charge is 0.242 e. The Bertz CT molecular complexity index is 313. The normalized spacial score (nSPS) is 24.6. The molecule has 0 aromatic heterocycles. The molecule has 0 spiro atoms. The van der Waals surface area contributed by atoms with Crippen LogP contribution in [0.15, 0.2) is 0 Å². The Labute approximate surface area is 117 Å². The standard InChI is InChI=1S/C15H29N3O/c1-4-17(5-2)13-8-10-18(11-9-13)14(19)15(3,16)12-6-7-12/h12-13H,4-11,16H2,1-3H3. The number of hydrogen-bond acceptors (Lipinski definition) is 3. The second-order valence-electron chi connectivity index (χ2n) is 6.30. The summed E-state index contributed by atoms with van der Waals surface area (Å²) in [5.41, 5.74) is 5.62. The Hall–Kier alpha value is -0.610. The summed E-state index contributed by atoms with van der Waals surface area (Å²) < 4.78 is 0. The number of likely N-dealkylation sites (tertiary alicyclic amines) is 1. The molecular formula is C15H29N3O. The largest absolute Gasteiger partial charge is 0.341 e. The fourth-order valence-electron chi connectivity index (χ4n) is 3.37. The van der Waals surface area contributed by atoms with Crippen molar-refractivity contribution in [2.75, 3.05) is 26.2 Å². The number of amides is 1. The van der Waals surface area contributed by atoms with E-state index in [-0.39, 0.29) is 5.91 Å². The molecule has 2 N–H and O–H groups in total. The average Bonchev–Trinajstić information content (AvgIpc) is 3.25. The van der Waals surface area contributed by atoms with Gasteiger partial charge in [0.15, 0.2) is 0 Å². The van der Waals surface area contributed by atoms with Gasteiger partial charge in [0, 0.05) is 19.1 Å². The first-order valence-corrected chi connectivity index (χ1v) is 7.83. The molecule has 1 saturated carbocycles. The summed E-state index contributed by atoms with van der Waals surface area (Å²) in [6.07, 6.45) is 4.42. The van der Waals surface area contributed by atoms with Gasteiger partial charge in [-0.1, -0.05) is 13.8 Å².